The number of nitrogens with one attached hydrogen (secondary N) is 1. The van der Waals surface area contributed by atoms with Gasteiger partial charge in [0.15, 0.2) is 11.5 Å². The van der Waals surface area contributed by atoms with Crippen LogP contribution in [0.5, 0.6) is 17.2 Å². The molecule has 0 bridgehead atoms. The van der Waals surface area contributed by atoms with E-state index in [1.54, 1.807) is 23.1 Å². The van der Waals surface area contributed by atoms with Gasteiger partial charge in [0.25, 0.3) is 5.91 Å². The van der Waals surface area contributed by atoms with Crippen molar-refractivity contribution in [3.8, 4) is 17.2 Å². The molecular weight excluding hydrogens is 384 g/mol. The highest BCUT2D eigenvalue weighted by Gasteiger charge is 2.25. The molecule has 0 aliphatic carbocycles. The molecule has 0 saturated carbocycles. The number of benzene rings is 2. The van der Waals surface area contributed by atoms with Crippen molar-refractivity contribution in [1.29, 1.82) is 0 Å². The number of carbonyl (C=O) groups excluding carboxylic acids is 2. The minimum atomic E-state index is -0.320. The average molecular weight is 412 g/mol. The summed E-state index contributed by atoms with van der Waals surface area (Å²) >= 11 is 0. The fourth-order valence-electron chi connectivity index (χ4n) is 3.43. The summed E-state index contributed by atoms with van der Waals surface area (Å²) in [6.07, 6.45) is 1.34. The molecule has 0 aromatic heterocycles. The van der Waals surface area contributed by atoms with E-state index in [1.165, 1.54) is 0 Å². The van der Waals surface area contributed by atoms with Crippen molar-refractivity contribution < 1.29 is 23.8 Å². The minimum absolute atomic E-state index is 0.0648. The molecule has 1 saturated heterocycles. The minimum Gasteiger partial charge on any atom is -0.490 e. The molecule has 1 N–H and O–H groups in total. The number of rotatable bonds is 9. The van der Waals surface area contributed by atoms with E-state index in [0.29, 0.717) is 67.0 Å². The number of anilines is 2. The summed E-state index contributed by atoms with van der Waals surface area (Å²) in [6, 6.07) is 10.6. The van der Waals surface area contributed by atoms with Gasteiger partial charge < -0.3 is 24.4 Å². The SMILES string of the molecule is CCOc1cc(C(=O)Nc2ccccc2N2CCCC2=O)cc(OCC)c1OCC. The van der Waals surface area contributed by atoms with E-state index in [9.17, 15) is 9.59 Å². The van der Waals surface area contributed by atoms with Crippen LogP contribution in [0.3, 0.4) is 0 Å². The largest absolute Gasteiger partial charge is 0.490 e. The van der Waals surface area contributed by atoms with Crippen LogP contribution in [0.1, 0.15) is 44.0 Å². The summed E-state index contributed by atoms with van der Waals surface area (Å²) in [5.41, 5.74) is 1.67. The Balaban J connectivity index is 1.93. The number of ether oxygens (including phenoxy) is 3. The molecular formula is C23H28N2O5. The topological polar surface area (TPSA) is 77.1 Å². The van der Waals surface area contributed by atoms with E-state index in [0.717, 1.165) is 6.42 Å². The molecule has 160 valence electrons. The molecule has 3 rings (SSSR count). The summed E-state index contributed by atoms with van der Waals surface area (Å²) in [5, 5.41) is 2.93. The first-order valence-corrected chi connectivity index (χ1v) is 10.4. The van der Waals surface area contributed by atoms with Gasteiger partial charge in [0.2, 0.25) is 11.7 Å². The molecule has 0 unspecified atom stereocenters. The van der Waals surface area contributed by atoms with Gasteiger partial charge in [-0.3, -0.25) is 9.59 Å². The first-order valence-electron chi connectivity index (χ1n) is 10.4. The highest BCUT2D eigenvalue weighted by atomic mass is 16.5. The summed E-state index contributed by atoms with van der Waals surface area (Å²) in [7, 11) is 0. The molecule has 0 spiro atoms. The predicted molar refractivity (Wildman–Crippen MR) is 116 cm³/mol. The maximum atomic E-state index is 13.1. The number of amides is 2. The highest BCUT2D eigenvalue weighted by molar-refractivity contribution is 6.08. The van der Waals surface area contributed by atoms with Crippen LogP contribution in [-0.2, 0) is 4.79 Å². The molecule has 2 aromatic carbocycles. The van der Waals surface area contributed by atoms with Crippen LogP contribution in [0.15, 0.2) is 36.4 Å². The van der Waals surface area contributed by atoms with Crippen molar-refractivity contribution in [2.45, 2.75) is 33.6 Å². The van der Waals surface area contributed by atoms with Crippen LogP contribution in [0, 0.1) is 0 Å². The Hall–Kier alpha value is -3.22. The predicted octanol–water partition coefficient (Wildman–Crippen LogP) is 4.26. The lowest BCUT2D eigenvalue weighted by Crippen LogP contribution is -2.25. The van der Waals surface area contributed by atoms with E-state index >= 15 is 0 Å². The van der Waals surface area contributed by atoms with Gasteiger partial charge >= 0.3 is 0 Å². The van der Waals surface area contributed by atoms with E-state index in [4.69, 9.17) is 14.2 Å². The summed E-state index contributed by atoms with van der Waals surface area (Å²) in [4.78, 5) is 27.0. The van der Waals surface area contributed by atoms with Crippen molar-refractivity contribution in [1.82, 2.24) is 0 Å². The molecule has 1 aliphatic rings. The van der Waals surface area contributed by atoms with Gasteiger partial charge in [-0.1, -0.05) is 12.1 Å². The van der Waals surface area contributed by atoms with Crippen molar-refractivity contribution >= 4 is 23.2 Å². The molecule has 0 atom stereocenters. The summed E-state index contributed by atoms with van der Waals surface area (Å²) < 4.78 is 17.1. The first kappa shape index (κ1) is 21.5. The van der Waals surface area contributed by atoms with E-state index in [-0.39, 0.29) is 11.8 Å². The highest BCUT2D eigenvalue weighted by Crippen LogP contribution is 2.39. The number of carbonyl (C=O) groups is 2. The lowest BCUT2D eigenvalue weighted by atomic mass is 10.1. The van der Waals surface area contributed by atoms with Crippen LogP contribution in [-0.4, -0.2) is 38.2 Å². The van der Waals surface area contributed by atoms with Crippen molar-refractivity contribution in [3.05, 3.63) is 42.0 Å². The maximum Gasteiger partial charge on any atom is 0.255 e. The van der Waals surface area contributed by atoms with Gasteiger partial charge in [-0.05, 0) is 51.5 Å². The van der Waals surface area contributed by atoms with Crippen LogP contribution < -0.4 is 24.4 Å². The molecule has 1 fully saturated rings. The Morgan fingerprint density at radius 3 is 2.20 bits per heavy atom. The normalized spacial score (nSPS) is 13.3. The van der Waals surface area contributed by atoms with Gasteiger partial charge in [0, 0.05) is 18.5 Å². The Morgan fingerprint density at radius 1 is 1.00 bits per heavy atom. The molecule has 0 radical (unpaired) electrons. The fourth-order valence-corrected chi connectivity index (χ4v) is 3.43. The van der Waals surface area contributed by atoms with Crippen molar-refractivity contribution in [2.75, 3.05) is 36.6 Å². The second kappa shape index (κ2) is 10.0. The Kier molecular flexibility index (Phi) is 7.17. The van der Waals surface area contributed by atoms with Gasteiger partial charge in [-0.2, -0.15) is 0 Å². The smallest absolute Gasteiger partial charge is 0.255 e. The van der Waals surface area contributed by atoms with Crippen LogP contribution in [0.25, 0.3) is 0 Å². The fraction of sp³-hybridized carbons (Fsp3) is 0.391. The molecule has 1 heterocycles. The standard InChI is InChI=1S/C23H28N2O5/c1-4-28-19-14-16(15-20(29-5-2)22(19)30-6-3)23(27)24-17-10-7-8-11-18(17)25-13-9-12-21(25)26/h7-8,10-11,14-15H,4-6,9,12-13H2,1-3H3,(H,24,27). The van der Waals surface area contributed by atoms with Crippen LogP contribution in [0.4, 0.5) is 11.4 Å². The quantitative estimate of drug-likeness (QED) is 0.666. The second-order valence-corrected chi connectivity index (χ2v) is 6.72. The van der Waals surface area contributed by atoms with Gasteiger partial charge in [-0.25, -0.2) is 0 Å². The van der Waals surface area contributed by atoms with Crippen LogP contribution >= 0.6 is 0 Å². The molecule has 30 heavy (non-hydrogen) atoms. The first-order chi connectivity index (χ1) is 14.6. The monoisotopic (exact) mass is 412 g/mol. The average Bonchev–Trinajstić information content (AvgIpc) is 3.16. The van der Waals surface area contributed by atoms with Crippen molar-refractivity contribution in [3.63, 3.8) is 0 Å². The zero-order chi connectivity index (χ0) is 21.5. The van der Waals surface area contributed by atoms with Gasteiger partial charge in [0.05, 0.1) is 31.2 Å². The third kappa shape index (κ3) is 4.67. The molecule has 7 heteroatoms. The second-order valence-electron chi connectivity index (χ2n) is 6.72. The third-order valence-electron chi connectivity index (χ3n) is 4.69. The van der Waals surface area contributed by atoms with E-state index in [2.05, 4.69) is 5.32 Å². The summed E-state index contributed by atoms with van der Waals surface area (Å²) in [6.45, 7) is 7.56. The lowest BCUT2D eigenvalue weighted by Gasteiger charge is -2.20. The zero-order valence-electron chi connectivity index (χ0n) is 17.7. The maximum absolute atomic E-state index is 13.1. The number of para-hydroxylation sites is 2. The van der Waals surface area contributed by atoms with E-state index < -0.39 is 0 Å². The van der Waals surface area contributed by atoms with E-state index in [1.807, 2.05) is 39.0 Å². The molecule has 1 aliphatic heterocycles. The lowest BCUT2D eigenvalue weighted by molar-refractivity contribution is -0.117. The molecule has 2 amide bonds. The van der Waals surface area contributed by atoms with Gasteiger partial charge in [0.1, 0.15) is 0 Å². The van der Waals surface area contributed by atoms with Crippen LogP contribution in [0.2, 0.25) is 0 Å². The van der Waals surface area contributed by atoms with Crippen molar-refractivity contribution in [2.24, 2.45) is 0 Å². The zero-order valence-corrected chi connectivity index (χ0v) is 17.7. The summed E-state index contributed by atoms with van der Waals surface area (Å²) in [5.74, 6) is 1.15. The third-order valence-corrected chi connectivity index (χ3v) is 4.69. The number of nitrogens with zero attached hydrogens (tertiary/aromatic N) is 1. The Labute approximate surface area is 176 Å². The Morgan fingerprint density at radius 2 is 1.63 bits per heavy atom. The number of hydrogen-bond acceptors (Lipinski definition) is 5. The molecule has 7 nitrogen and oxygen atoms in total. The Bertz CT molecular complexity index is 885. The number of hydrogen-bond donors (Lipinski definition) is 1. The molecule has 2 aromatic rings. The van der Waals surface area contributed by atoms with Gasteiger partial charge in [-0.15, -0.1) is 0 Å².